The van der Waals surface area contributed by atoms with Gasteiger partial charge in [-0.25, -0.2) is 0 Å². The lowest BCUT2D eigenvalue weighted by atomic mass is 10.1. The van der Waals surface area contributed by atoms with Crippen LogP contribution in [0.1, 0.15) is 26.3 Å². The number of hydrogen-bond donors (Lipinski definition) is 0. The lowest BCUT2D eigenvalue weighted by molar-refractivity contribution is -0.115. The minimum Gasteiger partial charge on any atom is -0.273 e. The molecule has 0 aliphatic carbocycles. The second-order valence-corrected chi connectivity index (χ2v) is 6.31. The predicted molar refractivity (Wildman–Crippen MR) is 78.3 cm³/mol. The van der Waals surface area contributed by atoms with Gasteiger partial charge in [-0.15, -0.1) is 0 Å². The molecule has 0 unspecified atom stereocenters. The number of hydrogen-bond acceptors (Lipinski definition) is 3. The largest absolute Gasteiger partial charge is 0.273 e. The molecule has 96 valence electrons. The quantitative estimate of drug-likeness (QED) is 0.778. The predicted octanol–water partition coefficient (Wildman–Crippen LogP) is 3.23. The van der Waals surface area contributed by atoms with Gasteiger partial charge in [0.2, 0.25) is 5.91 Å². The highest BCUT2D eigenvalue weighted by molar-refractivity contribution is 8.15. The maximum atomic E-state index is 12.0. The van der Waals surface area contributed by atoms with Crippen molar-refractivity contribution >= 4 is 28.5 Å². The van der Waals surface area contributed by atoms with E-state index in [4.69, 9.17) is 0 Å². The summed E-state index contributed by atoms with van der Waals surface area (Å²) >= 11 is 1.52. The van der Waals surface area contributed by atoms with Gasteiger partial charge >= 0.3 is 0 Å². The number of nitrogens with zero attached hydrogens (tertiary/aromatic N) is 2. The molecular formula is C14H18N2OS. The third-order valence-corrected chi connectivity index (χ3v) is 3.48. The minimum atomic E-state index is -0.173. The lowest BCUT2D eigenvalue weighted by Crippen LogP contribution is -2.31. The van der Waals surface area contributed by atoms with Gasteiger partial charge in [0.1, 0.15) is 0 Å². The molecule has 1 aromatic carbocycles. The normalized spacial score (nSPS) is 18.8. The van der Waals surface area contributed by atoms with Crippen molar-refractivity contribution in [1.29, 1.82) is 0 Å². The number of aryl methyl sites for hydroxylation is 1. The Morgan fingerprint density at radius 2 is 1.94 bits per heavy atom. The number of para-hydroxylation sites is 1. The zero-order valence-corrected chi connectivity index (χ0v) is 12.0. The van der Waals surface area contributed by atoms with Crippen LogP contribution < -0.4 is 4.90 Å². The highest BCUT2D eigenvalue weighted by Gasteiger charge is 2.31. The van der Waals surface area contributed by atoms with Crippen LogP contribution in [0.25, 0.3) is 0 Å². The molecule has 1 heterocycles. The zero-order valence-electron chi connectivity index (χ0n) is 11.2. The van der Waals surface area contributed by atoms with E-state index in [-0.39, 0.29) is 11.4 Å². The van der Waals surface area contributed by atoms with Gasteiger partial charge in [0.15, 0.2) is 5.17 Å². The molecule has 1 saturated heterocycles. The van der Waals surface area contributed by atoms with E-state index >= 15 is 0 Å². The molecule has 18 heavy (non-hydrogen) atoms. The SMILES string of the molecule is Cc1ccccc1N1C(=O)CS/C1=N\C(C)(C)C. The molecule has 1 aliphatic heterocycles. The summed E-state index contributed by atoms with van der Waals surface area (Å²) in [6.07, 6.45) is 0. The fourth-order valence-electron chi connectivity index (χ4n) is 1.78. The van der Waals surface area contributed by atoms with Crippen LogP contribution in [0.5, 0.6) is 0 Å². The van der Waals surface area contributed by atoms with Crippen molar-refractivity contribution in [2.45, 2.75) is 33.2 Å². The van der Waals surface area contributed by atoms with Gasteiger partial charge in [-0.2, -0.15) is 0 Å². The third-order valence-electron chi connectivity index (χ3n) is 2.55. The molecule has 0 spiro atoms. The Balaban J connectivity index is 2.44. The van der Waals surface area contributed by atoms with Gasteiger partial charge < -0.3 is 0 Å². The average molecular weight is 262 g/mol. The Morgan fingerprint density at radius 3 is 2.56 bits per heavy atom. The number of rotatable bonds is 1. The smallest absolute Gasteiger partial charge is 0.243 e. The summed E-state index contributed by atoms with van der Waals surface area (Å²) in [6, 6.07) is 7.91. The summed E-state index contributed by atoms with van der Waals surface area (Å²) in [6.45, 7) is 8.14. The van der Waals surface area contributed by atoms with Gasteiger partial charge in [0, 0.05) is 0 Å². The van der Waals surface area contributed by atoms with Crippen LogP contribution in [0.2, 0.25) is 0 Å². The number of thioether (sulfide) groups is 1. The Kier molecular flexibility index (Phi) is 3.48. The summed E-state index contributed by atoms with van der Waals surface area (Å²) in [4.78, 5) is 18.4. The lowest BCUT2D eigenvalue weighted by Gasteiger charge is -2.21. The topological polar surface area (TPSA) is 32.7 Å². The molecule has 0 saturated carbocycles. The van der Waals surface area contributed by atoms with Crippen molar-refractivity contribution < 1.29 is 4.79 Å². The Bertz CT molecular complexity index is 503. The highest BCUT2D eigenvalue weighted by Crippen LogP contribution is 2.30. The molecule has 1 fully saturated rings. The van der Waals surface area contributed by atoms with E-state index in [1.807, 2.05) is 52.0 Å². The number of aliphatic imine (C=N–C) groups is 1. The van der Waals surface area contributed by atoms with Crippen molar-refractivity contribution in [3.8, 4) is 0 Å². The van der Waals surface area contributed by atoms with Gasteiger partial charge in [0.05, 0.1) is 17.0 Å². The molecule has 3 nitrogen and oxygen atoms in total. The molecule has 1 aliphatic rings. The van der Waals surface area contributed by atoms with Crippen LogP contribution in [0.3, 0.4) is 0 Å². The van der Waals surface area contributed by atoms with Crippen molar-refractivity contribution in [3.63, 3.8) is 0 Å². The molecule has 0 bridgehead atoms. The minimum absolute atomic E-state index is 0.109. The summed E-state index contributed by atoms with van der Waals surface area (Å²) < 4.78 is 0. The fraction of sp³-hybridized carbons (Fsp3) is 0.429. The number of amidine groups is 1. The van der Waals surface area contributed by atoms with Crippen LogP contribution in [-0.2, 0) is 4.79 Å². The molecular weight excluding hydrogens is 244 g/mol. The van der Waals surface area contributed by atoms with Crippen molar-refractivity contribution in [1.82, 2.24) is 0 Å². The number of carbonyl (C=O) groups excluding carboxylic acids is 1. The first-order valence-electron chi connectivity index (χ1n) is 6.00. The second-order valence-electron chi connectivity index (χ2n) is 5.37. The molecule has 2 rings (SSSR count). The van der Waals surface area contributed by atoms with E-state index < -0.39 is 0 Å². The maximum absolute atomic E-state index is 12.0. The van der Waals surface area contributed by atoms with Gasteiger partial charge in [-0.3, -0.25) is 14.7 Å². The number of amides is 1. The molecule has 0 aromatic heterocycles. The highest BCUT2D eigenvalue weighted by atomic mass is 32.2. The Labute approximate surface area is 112 Å². The number of benzene rings is 1. The summed E-state index contributed by atoms with van der Waals surface area (Å²) in [7, 11) is 0. The summed E-state index contributed by atoms with van der Waals surface area (Å²) in [5, 5.41) is 0.807. The fourth-order valence-corrected chi connectivity index (χ4v) is 2.83. The van der Waals surface area contributed by atoms with Crippen molar-refractivity contribution in [2.75, 3.05) is 10.7 Å². The molecule has 0 N–H and O–H groups in total. The summed E-state index contributed by atoms with van der Waals surface area (Å²) in [5.41, 5.74) is 1.86. The van der Waals surface area contributed by atoms with Gasteiger partial charge in [0.25, 0.3) is 0 Å². The van der Waals surface area contributed by atoms with Crippen molar-refractivity contribution in [3.05, 3.63) is 29.8 Å². The number of carbonyl (C=O) groups is 1. The van der Waals surface area contributed by atoms with E-state index in [1.165, 1.54) is 11.8 Å². The van der Waals surface area contributed by atoms with E-state index in [0.29, 0.717) is 5.75 Å². The average Bonchev–Trinajstić information content (AvgIpc) is 2.59. The van der Waals surface area contributed by atoms with Crippen LogP contribution >= 0.6 is 11.8 Å². The first kappa shape index (κ1) is 13.1. The maximum Gasteiger partial charge on any atom is 0.243 e. The van der Waals surface area contributed by atoms with Crippen LogP contribution in [0.4, 0.5) is 5.69 Å². The molecule has 0 atom stereocenters. The Hall–Kier alpha value is -1.29. The van der Waals surface area contributed by atoms with Crippen LogP contribution in [0, 0.1) is 6.92 Å². The first-order valence-corrected chi connectivity index (χ1v) is 6.98. The molecule has 1 amide bonds. The molecule has 1 aromatic rings. The zero-order chi connectivity index (χ0) is 13.3. The van der Waals surface area contributed by atoms with Crippen LogP contribution in [0.15, 0.2) is 29.3 Å². The number of anilines is 1. The van der Waals surface area contributed by atoms with Gasteiger partial charge in [-0.1, -0.05) is 30.0 Å². The monoisotopic (exact) mass is 262 g/mol. The second kappa shape index (κ2) is 4.76. The first-order chi connectivity index (χ1) is 8.38. The van der Waals surface area contributed by atoms with E-state index in [1.54, 1.807) is 4.90 Å². The van der Waals surface area contributed by atoms with E-state index in [9.17, 15) is 4.79 Å². The standard InChI is InChI=1S/C14H18N2OS/c1-10-7-5-6-8-11(10)16-12(17)9-18-13(16)15-14(2,3)4/h5-8H,9H2,1-4H3/b15-13-. The van der Waals surface area contributed by atoms with Gasteiger partial charge in [-0.05, 0) is 39.3 Å². The van der Waals surface area contributed by atoms with E-state index in [0.717, 1.165) is 16.4 Å². The third kappa shape index (κ3) is 2.75. The molecule has 4 heteroatoms. The summed E-state index contributed by atoms with van der Waals surface area (Å²) in [5.74, 6) is 0.584. The van der Waals surface area contributed by atoms with Crippen molar-refractivity contribution in [2.24, 2.45) is 4.99 Å². The van der Waals surface area contributed by atoms with Crippen LogP contribution in [-0.4, -0.2) is 22.4 Å². The molecule has 0 radical (unpaired) electrons. The Morgan fingerprint density at radius 1 is 1.28 bits per heavy atom. The van der Waals surface area contributed by atoms with E-state index in [2.05, 4.69) is 4.99 Å².